The first-order valence-electron chi connectivity index (χ1n) is 11.8. The number of hydrogen-bond donors (Lipinski definition) is 0. The maximum Gasteiger partial charge on any atom is 0.422 e. The summed E-state index contributed by atoms with van der Waals surface area (Å²) >= 11 is 0. The highest BCUT2D eigenvalue weighted by molar-refractivity contribution is 5.29. The fraction of sp³-hybridized carbons (Fsp3) is 0.481. The summed E-state index contributed by atoms with van der Waals surface area (Å²) in [6, 6.07) is 6.95. The summed E-state index contributed by atoms with van der Waals surface area (Å²) in [5, 5.41) is 0. The molecule has 0 N–H and O–H groups in total. The van der Waals surface area contributed by atoms with Gasteiger partial charge in [-0.25, -0.2) is 8.78 Å². The van der Waals surface area contributed by atoms with E-state index in [-0.39, 0.29) is 17.5 Å². The first-order valence-corrected chi connectivity index (χ1v) is 11.8. The Morgan fingerprint density at radius 1 is 0.914 bits per heavy atom. The number of benzene rings is 2. The number of ether oxygens (including phenoxy) is 1. The van der Waals surface area contributed by atoms with Gasteiger partial charge in [-0.15, -0.1) is 0 Å². The summed E-state index contributed by atoms with van der Waals surface area (Å²) in [6.07, 6.45) is 1.55. The Balaban J connectivity index is 1.53. The molecule has 2 aromatic carbocycles. The molecule has 0 atom stereocenters. The molecule has 2 aromatic rings. The molecule has 0 saturated heterocycles. The van der Waals surface area contributed by atoms with Crippen LogP contribution in [-0.2, 0) is 23.4 Å². The summed E-state index contributed by atoms with van der Waals surface area (Å²) < 4.78 is 98.9. The van der Waals surface area contributed by atoms with Crippen LogP contribution in [-0.4, -0.2) is 6.61 Å². The first-order chi connectivity index (χ1) is 16.5. The molecule has 0 aliphatic heterocycles. The molecule has 1 aliphatic rings. The molecule has 1 fully saturated rings. The maximum atomic E-state index is 14.5. The molecule has 1 aliphatic carbocycles. The second kappa shape index (κ2) is 11.6. The molecule has 0 radical (unpaired) electrons. The van der Waals surface area contributed by atoms with Gasteiger partial charge in [-0.05, 0) is 87.0 Å². The van der Waals surface area contributed by atoms with Gasteiger partial charge < -0.3 is 4.74 Å². The van der Waals surface area contributed by atoms with Crippen molar-refractivity contribution in [3.05, 3.63) is 82.4 Å². The average molecular weight is 503 g/mol. The van der Waals surface area contributed by atoms with Gasteiger partial charge >= 0.3 is 12.3 Å². The van der Waals surface area contributed by atoms with Crippen molar-refractivity contribution in [1.82, 2.24) is 0 Å². The van der Waals surface area contributed by atoms with E-state index in [0.717, 1.165) is 37.7 Å². The third-order valence-corrected chi connectivity index (χ3v) is 6.60. The number of allylic oxidation sites excluding steroid dienone is 2. The Labute approximate surface area is 201 Å². The van der Waals surface area contributed by atoms with Crippen LogP contribution < -0.4 is 0 Å². The van der Waals surface area contributed by atoms with Crippen molar-refractivity contribution in [3.63, 3.8) is 0 Å². The van der Waals surface area contributed by atoms with Crippen LogP contribution in [0.15, 0.2) is 48.6 Å². The summed E-state index contributed by atoms with van der Waals surface area (Å²) in [4.78, 5) is 0. The minimum absolute atomic E-state index is 0.208. The van der Waals surface area contributed by atoms with Gasteiger partial charge in [0.2, 0.25) is 0 Å². The van der Waals surface area contributed by atoms with Crippen LogP contribution in [0.25, 0.3) is 0 Å². The molecule has 0 unspecified atom stereocenters. The highest BCUT2D eigenvalue weighted by Gasteiger charge is 2.38. The first kappa shape index (κ1) is 27.2. The molecule has 1 nitrogen and oxygen atoms in total. The van der Waals surface area contributed by atoms with Gasteiger partial charge in [-0.3, -0.25) is 0 Å². The normalized spacial score (nSPS) is 19.4. The predicted molar refractivity (Wildman–Crippen MR) is 120 cm³/mol. The van der Waals surface area contributed by atoms with Crippen molar-refractivity contribution >= 4 is 0 Å². The second-order valence-electron chi connectivity index (χ2n) is 9.03. The number of halogens is 7. The Morgan fingerprint density at radius 3 is 2.06 bits per heavy atom. The lowest BCUT2D eigenvalue weighted by Crippen LogP contribution is -2.20. The van der Waals surface area contributed by atoms with Crippen molar-refractivity contribution in [2.45, 2.75) is 70.1 Å². The summed E-state index contributed by atoms with van der Waals surface area (Å²) in [5.41, 5.74) is -1.56. The fourth-order valence-electron chi connectivity index (χ4n) is 4.65. The van der Waals surface area contributed by atoms with Crippen molar-refractivity contribution in [2.24, 2.45) is 5.92 Å². The van der Waals surface area contributed by atoms with Crippen LogP contribution in [0.2, 0.25) is 0 Å². The van der Waals surface area contributed by atoms with E-state index < -0.39 is 36.1 Å². The van der Waals surface area contributed by atoms with Crippen molar-refractivity contribution < 1.29 is 35.5 Å². The molecular formula is C27H29F7O. The molecule has 3 rings (SSSR count). The van der Waals surface area contributed by atoms with E-state index in [1.54, 1.807) is 12.1 Å². The Hall–Kier alpha value is -2.35. The number of rotatable bonds is 9. The molecule has 192 valence electrons. The van der Waals surface area contributed by atoms with Gasteiger partial charge in [0.1, 0.15) is 17.2 Å². The summed E-state index contributed by atoms with van der Waals surface area (Å²) in [6.45, 7) is 1.38. The van der Waals surface area contributed by atoms with Crippen LogP contribution in [0.4, 0.5) is 30.7 Å². The van der Waals surface area contributed by atoms with Crippen LogP contribution in [0.1, 0.15) is 73.6 Å². The quantitative estimate of drug-likeness (QED) is 0.246. The van der Waals surface area contributed by atoms with E-state index in [1.165, 1.54) is 18.6 Å². The lowest BCUT2D eigenvalue weighted by Gasteiger charge is -2.29. The lowest BCUT2D eigenvalue weighted by atomic mass is 9.77. The zero-order chi connectivity index (χ0) is 25.6. The smallest absolute Gasteiger partial charge is 0.316 e. The topological polar surface area (TPSA) is 9.23 Å². The Bertz CT molecular complexity index is 965. The van der Waals surface area contributed by atoms with Crippen LogP contribution >= 0.6 is 0 Å². The lowest BCUT2D eigenvalue weighted by molar-refractivity contribution is -0.248. The minimum atomic E-state index is -5.19. The molecule has 0 amide bonds. The molecule has 0 bridgehead atoms. The van der Waals surface area contributed by atoms with E-state index in [4.69, 9.17) is 0 Å². The zero-order valence-electron chi connectivity index (χ0n) is 19.5. The highest BCUT2D eigenvalue weighted by Crippen LogP contribution is 2.39. The van der Waals surface area contributed by atoms with Gasteiger partial charge in [-0.1, -0.05) is 36.4 Å². The van der Waals surface area contributed by atoms with E-state index >= 15 is 0 Å². The van der Waals surface area contributed by atoms with Crippen LogP contribution in [0.5, 0.6) is 0 Å². The van der Waals surface area contributed by atoms with Crippen molar-refractivity contribution in [3.8, 4) is 0 Å². The van der Waals surface area contributed by atoms with Gasteiger partial charge in [-0.2, -0.15) is 22.0 Å². The van der Waals surface area contributed by atoms with E-state index in [9.17, 15) is 30.7 Å². The Kier molecular flexibility index (Phi) is 9.02. The molecule has 8 heteroatoms. The van der Waals surface area contributed by atoms with Crippen LogP contribution in [0.3, 0.4) is 0 Å². The second-order valence-corrected chi connectivity index (χ2v) is 9.03. The summed E-state index contributed by atoms with van der Waals surface area (Å²) in [5.74, 6) is -2.55. The number of hydrogen-bond acceptors (Lipinski definition) is 1. The van der Waals surface area contributed by atoms with E-state index in [2.05, 4.69) is 16.9 Å². The maximum absolute atomic E-state index is 14.5. The van der Waals surface area contributed by atoms with Crippen molar-refractivity contribution in [1.29, 1.82) is 0 Å². The monoisotopic (exact) mass is 502 g/mol. The SMILES string of the molecule is C/C=C/CC[C@H]1CC[C@H](c2ccc(C(F)(F)OCCc3cc(F)c(C(F)(F)F)c(F)c3)cc2)CC1. The molecule has 1 saturated carbocycles. The van der Waals surface area contributed by atoms with E-state index in [1.807, 2.05) is 6.92 Å². The standard InChI is InChI=1S/C27H29F7O/c1-2-3-4-5-18-6-8-20(9-7-18)21-10-12-22(13-11-21)27(33,34)35-15-14-19-16-23(28)25(24(29)17-19)26(30,31)32/h2-3,10-13,16-18,20H,4-9,14-15H2,1H3/b3-2+/t18-,20-. The van der Waals surface area contributed by atoms with Gasteiger partial charge in [0, 0.05) is 0 Å². The van der Waals surface area contributed by atoms with Crippen LogP contribution in [0, 0.1) is 17.6 Å². The predicted octanol–water partition coefficient (Wildman–Crippen LogP) is 8.92. The van der Waals surface area contributed by atoms with E-state index in [0.29, 0.717) is 24.0 Å². The zero-order valence-corrected chi connectivity index (χ0v) is 19.5. The van der Waals surface area contributed by atoms with Gasteiger partial charge in [0.05, 0.1) is 12.2 Å². The third-order valence-electron chi connectivity index (χ3n) is 6.60. The number of alkyl halides is 5. The molecule has 0 spiro atoms. The van der Waals surface area contributed by atoms with Crippen molar-refractivity contribution in [2.75, 3.05) is 6.61 Å². The third kappa shape index (κ3) is 7.32. The average Bonchev–Trinajstić information content (AvgIpc) is 2.78. The highest BCUT2D eigenvalue weighted by atomic mass is 19.4. The van der Waals surface area contributed by atoms with Gasteiger partial charge in [0.25, 0.3) is 0 Å². The fourth-order valence-corrected chi connectivity index (χ4v) is 4.65. The minimum Gasteiger partial charge on any atom is -0.316 e. The molecular weight excluding hydrogens is 473 g/mol. The molecule has 0 heterocycles. The summed E-state index contributed by atoms with van der Waals surface area (Å²) in [7, 11) is 0. The Morgan fingerprint density at radius 2 is 1.51 bits per heavy atom. The molecule has 35 heavy (non-hydrogen) atoms. The molecule has 0 aromatic heterocycles. The van der Waals surface area contributed by atoms with Gasteiger partial charge in [0.15, 0.2) is 0 Å². The largest absolute Gasteiger partial charge is 0.422 e.